The van der Waals surface area contributed by atoms with Gasteiger partial charge in [-0.15, -0.1) is 11.3 Å². The van der Waals surface area contributed by atoms with Gasteiger partial charge in [-0.1, -0.05) is 109 Å². The highest BCUT2D eigenvalue weighted by atomic mass is 32.1. The summed E-state index contributed by atoms with van der Waals surface area (Å²) < 4.78 is 2.61. The zero-order chi connectivity index (χ0) is 32.6. The van der Waals surface area contributed by atoms with Crippen LogP contribution in [0, 0.1) is 0 Å². The summed E-state index contributed by atoms with van der Waals surface area (Å²) in [4.78, 5) is 14.7. The van der Waals surface area contributed by atoms with Crippen molar-refractivity contribution in [2.45, 2.75) is 0 Å². The Labute approximate surface area is 288 Å². The second-order valence-corrected chi connectivity index (χ2v) is 13.2. The molecule has 3 heterocycles. The molecular weight excluding hydrogens is 615 g/mol. The average molecular weight is 644 g/mol. The topological polar surface area (TPSA) is 38.7 Å². The Morgan fingerprint density at radius 3 is 1.73 bits per heavy atom. The Balaban J connectivity index is 1.25. The molecule has 9 aromatic rings. The molecule has 0 unspecified atom stereocenters. The number of aromatic nitrogens is 3. The third-order valence-electron chi connectivity index (χ3n) is 8.96. The monoisotopic (exact) mass is 643 g/mol. The number of hydrogen-bond acceptors (Lipinski definition) is 4. The summed E-state index contributed by atoms with van der Waals surface area (Å²) in [5, 5.41) is 2.58. The molecule has 0 bridgehead atoms. The molecule has 0 N–H and O–H groups in total. The predicted molar refractivity (Wildman–Crippen MR) is 205 cm³/mol. The fourth-order valence-electron chi connectivity index (χ4n) is 6.50. The Bertz CT molecular complexity index is 2590. The van der Waals surface area contributed by atoms with E-state index in [0.717, 1.165) is 55.9 Å². The van der Waals surface area contributed by atoms with Crippen molar-refractivity contribution in [3.05, 3.63) is 176 Å². The van der Waals surface area contributed by atoms with Gasteiger partial charge in [0, 0.05) is 54.8 Å². The quantitative estimate of drug-likeness (QED) is 0.181. The zero-order valence-electron chi connectivity index (χ0n) is 26.5. The summed E-state index contributed by atoms with van der Waals surface area (Å²) in [5.41, 5.74) is 11.6. The summed E-state index contributed by atoms with van der Waals surface area (Å²) in [6, 6.07) is 57.8. The molecule has 6 aromatic carbocycles. The highest BCUT2D eigenvalue weighted by molar-refractivity contribution is 7.25. The number of thiophene rings is 1. The van der Waals surface area contributed by atoms with Gasteiger partial charge >= 0.3 is 0 Å². The first-order valence-electron chi connectivity index (χ1n) is 16.3. The van der Waals surface area contributed by atoms with Gasteiger partial charge in [0.15, 0.2) is 5.82 Å². The molecule has 49 heavy (non-hydrogen) atoms. The van der Waals surface area contributed by atoms with Crippen LogP contribution in [-0.2, 0) is 0 Å². The third-order valence-corrected chi connectivity index (χ3v) is 10.1. The number of benzene rings is 6. The molecule has 0 saturated carbocycles. The Kier molecular flexibility index (Phi) is 7.34. The smallest absolute Gasteiger partial charge is 0.160 e. The lowest BCUT2D eigenvalue weighted by molar-refractivity contribution is 1.18. The number of hydrogen-bond donors (Lipinski definition) is 0. The molecule has 0 aliphatic rings. The highest BCUT2D eigenvalue weighted by Crippen LogP contribution is 2.39. The fraction of sp³-hybridized carbons (Fsp3) is 0. The summed E-state index contributed by atoms with van der Waals surface area (Å²) in [5.74, 6) is 0.692. The molecular formula is C45H29N3S. The minimum Gasteiger partial charge on any atom is -0.264 e. The van der Waals surface area contributed by atoms with Crippen LogP contribution in [0.3, 0.4) is 0 Å². The van der Waals surface area contributed by atoms with Crippen LogP contribution < -0.4 is 0 Å². The lowest BCUT2D eigenvalue weighted by atomic mass is 9.94. The molecule has 0 aliphatic heterocycles. The number of rotatable bonds is 6. The van der Waals surface area contributed by atoms with Crippen LogP contribution in [-0.4, -0.2) is 15.0 Å². The molecule has 3 aromatic heterocycles. The molecule has 0 atom stereocenters. The molecule has 0 fully saturated rings. The summed E-state index contributed by atoms with van der Waals surface area (Å²) in [6.07, 6.45) is 3.70. The Morgan fingerprint density at radius 2 is 0.939 bits per heavy atom. The van der Waals surface area contributed by atoms with Crippen LogP contribution in [0.25, 0.3) is 87.5 Å². The van der Waals surface area contributed by atoms with Gasteiger partial charge in [-0.2, -0.15) is 0 Å². The van der Waals surface area contributed by atoms with Gasteiger partial charge in [0.2, 0.25) is 0 Å². The molecule has 0 saturated heterocycles. The summed E-state index contributed by atoms with van der Waals surface area (Å²) in [7, 11) is 0. The summed E-state index contributed by atoms with van der Waals surface area (Å²) >= 11 is 1.84. The van der Waals surface area contributed by atoms with Crippen LogP contribution in [0.2, 0.25) is 0 Å². The zero-order valence-corrected chi connectivity index (χ0v) is 27.3. The molecule has 0 spiro atoms. The first-order chi connectivity index (χ1) is 24.2. The number of nitrogens with zero attached hydrogens (tertiary/aromatic N) is 3. The van der Waals surface area contributed by atoms with E-state index in [9.17, 15) is 0 Å². The Morgan fingerprint density at radius 1 is 0.347 bits per heavy atom. The van der Waals surface area contributed by atoms with Crippen molar-refractivity contribution in [1.82, 2.24) is 15.0 Å². The molecule has 3 nitrogen and oxygen atoms in total. The summed E-state index contributed by atoms with van der Waals surface area (Å²) in [6.45, 7) is 0. The molecule has 0 radical (unpaired) electrons. The molecule has 0 amide bonds. The van der Waals surface area contributed by atoms with Gasteiger partial charge in [0.1, 0.15) is 0 Å². The second-order valence-electron chi connectivity index (χ2n) is 12.1. The van der Waals surface area contributed by atoms with Crippen molar-refractivity contribution in [2.24, 2.45) is 0 Å². The van der Waals surface area contributed by atoms with E-state index in [1.807, 2.05) is 41.8 Å². The van der Waals surface area contributed by atoms with Crippen molar-refractivity contribution >= 4 is 31.5 Å². The first-order valence-corrected chi connectivity index (χ1v) is 17.1. The van der Waals surface area contributed by atoms with Gasteiger partial charge in [0.05, 0.1) is 11.4 Å². The van der Waals surface area contributed by atoms with Crippen molar-refractivity contribution in [3.8, 4) is 67.3 Å². The molecule has 9 rings (SSSR count). The van der Waals surface area contributed by atoms with Crippen molar-refractivity contribution in [3.63, 3.8) is 0 Å². The largest absolute Gasteiger partial charge is 0.264 e. The van der Waals surface area contributed by atoms with E-state index in [1.54, 1.807) is 6.20 Å². The number of pyridine rings is 1. The average Bonchev–Trinajstić information content (AvgIpc) is 3.57. The van der Waals surface area contributed by atoms with Gasteiger partial charge in [-0.25, -0.2) is 9.97 Å². The van der Waals surface area contributed by atoms with E-state index in [2.05, 4.69) is 145 Å². The lowest BCUT2D eigenvalue weighted by Gasteiger charge is -2.14. The van der Waals surface area contributed by atoms with E-state index in [4.69, 9.17) is 9.97 Å². The van der Waals surface area contributed by atoms with Gasteiger partial charge < -0.3 is 0 Å². The maximum atomic E-state index is 5.21. The molecule has 230 valence electrons. The van der Waals surface area contributed by atoms with Crippen LogP contribution >= 0.6 is 11.3 Å². The van der Waals surface area contributed by atoms with Crippen LogP contribution in [0.4, 0.5) is 0 Å². The Hall–Kier alpha value is -6.23. The van der Waals surface area contributed by atoms with E-state index in [0.29, 0.717) is 5.82 Å². The maximum absolute atomic E-state index is 5.21. The molecule has 4 heteroatoms. The van der Waals surface area contributed by atoms with E-state index >= 15 is 0 Å². The fourth-order valence-corrected chi connectivity index (χ4v) is 7.58. The minimum atomic E-state index is 0.692. The highest BCUT2D eigenvalue weighted by Gasteiger charge is 2.15. The van der Waals surface area contributed by atoms with E-state index in [1.165, 1.54) is 25.7 Å². The number of fused-ring (bicyclic) bond motifs is 3. The standard InChI is InChI=1S/C45H29N3S/c1-3-11-30(12-4-1)36-24-37(33-20-21-44-40(27-33)39-18-7-8-19-43(39)49-44)26-38(25-36)42-28-41(47-45(48-42)31-13-5-2-6-14-31)34-16-9-15-32(23-34)35-17-10-22-46-29-35/h1-29H. The van der Waals surface area contributed by atoms with Crippen LogP contribution in [0.15, 0.2) is 176 Å². The lowest BCUT2D eigenvalue weighted by Crippen LogP contribution is -1.97. The second kappa shape index (κ2) is 12.4. The van der Waals surface area contributed by atoms with Gasteiger partial charge in [-0.3, -0.25) is 4.98 Å². The predicted octanol–water partition coefficient (Wildman–Crippen LogP) is 12.2. The SMILES string of the molecule is c1ccc(-c2cc(-c3ccc4sc5ccccc5c4c3)cc(-c3cc(-c4cccc(-c5cccnc5)c4)nc(-c4ccccc4)n3)c2)cc1. The van der Waals surface area contributed by atoms with Crippen LogP contribution in [0.1, 0.15) is 0 Å². The van der Waals surface area contributed by atoms with Crippen molar-refractivity contribution in [1.29, 1.82) is 0 Å². The maximum Gasteiger partial charge on any atom is 0.160 e. The van der Waals surface area contributed by atoms with Crippen molar-refractivity contribution < 1.29 is 0 Å². The van der Waals surface area contributed by atoms with E-state index in [-0.39, 0.29) is 0 Å². The first kappa shape index (κ1) is 29.0. The normalized spacial score (nSPS) is 11.3. The third kappa shape index (κ3) is 5.69. The van der Waals surface area contributed by atoms with Gasteiger partial charge in [-0.05, 0) is 82.4 Å². The molecule has 0 aliphatic carbocycles. The van der Waals surface area contributed by atoms with E-state index < -0.39 is 0 Å². The van der Waals surface area contributed by atoms with Crippen molar-refractivity contribution in [2.75, 3.05) is 0 Å². The van der Waals surface area contributed by atoms with Crippen LogP contribution in [0.5, 0.6) is 0 Å². The van der Waals surface area contributed by atoms with Gasteiger partial charge in [0.25, 0.3) is 0 Å². The minimum absolute atomic E-state index is 0.692.